The van der Waals surface area contributed by atoms with Gasteiger partial charge < -0.3 is 10.1 Å². The molecule has 0 amide bonds. The van der Waals surface area contributed by atoms with Gasteiger partial charge in [-0.3, -0.25) is 0 Å². The van der Waals surface area contributed by atoms with Gasteiger partial charge >= 0.3 is 0 Å². The molecule has 4 nitrogen and oxygen atoms in total. The van der Waals surface area contributed by atoms with Gasteiger partial charge in [0.05, 0.1) is 13.7 Å². The van der Waals surface area contributed by atoms with Crippen LogP contribution < -0.4 is 10.1 Å². The lowest BCUT2D eigenvalue weighted by atomic mass is 10.0. The Balaban J connectivity index is 1.74. The van der Waals surface area contributed by atoms with Crippen LogP contribution in [0.4, 0.5) is 5.00 Å². The minimum absolute atomic E-state index is 0.585. The fourth-order valence-electron chi connectivity index (χ4n) is 3.09. The molecule has 28 heavy (non-hydrogen) atoms. The molecule has 0 saturated heterocycles. The number of benzene rings is 2. The fraction of sp³-hybridized carbons (Fsp3) is 0.182. The fourth-order valence-corrected chi connectivity index (χ4v) is 4.36. The number of hydrogen-bond donors (Lipinski definition) is 1. The molecule has 0 spiro atoms. The highest BCUT2D eigenvalue weighted by atomic mass is 32.1. The van der Waals surface area contributed by atoms with Crippen molar-refractivity contribution in [3.05, 3.63) is 82.2 Å². The van der Waals surface area contributed by atoms with E-state index in [0.29, 0.717) is 11.7 Å². The summed E-state index contributed by atoms with van der Waals surface area (Å²) in [7, 11) is 1.67. The summed E-state index contributed by atoms with van der Waals surface area (Å²) in [6.07, 6.45) is 0.990. The van der Waals surface area contributed by atoms with Gasteiger partial charge in [0, 0.05) is 16.0 Å². The first kappa shape index (κ1) is 18.7. The number of fused-ring (bicyclic) bond motifs is 1. The number of methoxy groups -OCH3 is 1. The number of nitrogens with zero attached hydrogens (tertiary/aromatic N) is 2. The van der Waals surface area contributed by atoms with Crippen molar-refractivity contribution in [2.24, 2.45) is 5.10 Å². The van der Waals surface area contributed by atoms with Crippen molar-refractivity contribution in [1.82, 2.24) is 5.01 Å². The Kier molecular flexibility index (Phi) is 5.41. The minimum atomic E-state index is 0.585. The maximum Gasteiger partial charge on any atom is 0.195 e. The third kappa shape index (κ3) is 3.79. The number of ether oxygens (including phenoxy) is 1. The van der Waals surface area contributed by atoms with Crippen LogP contribution in [0.15, 0.2) is 65.8 Å². The number of anilines is 1. The van der Waals surface area contributed by atoms with E-state index in [0.717, 1.165) is 39.6 Å². The number of hydrogen-bond acceptors (Lipinski definition) is 4. The van der Waals surface area contributed by atoms with Crippen LogP contribution in [-0.2, 0) is 13.0 Å². The van der Waals surface area contributed by atoms with Crippen molar-refractivity contribution in [3.8, 4) is 5.75 Å². The lowest BCUT2D eigenvalue weighted by molar-refractivity contribution is 0.413. The first-order valence-corrected chi connectivity index (χ1v) is 10.4. The first-order chi connectivity index (χ1) is 13.7. The van der Waals surface area contributed by atoms with Crippen LogP contribution in [0.5, 0.6) is 5.75 Å². The minimum Gasteiger partial charge on any atom is -0.497 e. The number of thiophene rings is 1. The molecule has 1 N–H and O–H groups in total. The molecular weight excluding hydrogens is 386 g/mol. The second kappa shape index (κ2) is 8.12. The Morgan fingerprint density at radius 3 is 2.54 bits per heavy atom. The Labute approximate surface area is 174 Å². The highest BCUT2D eigenvalue weighted by molar-refractivity contribution is 7.80. The predicted molar refractivity (Wildman–Crippen MR) is 121 cm³/mol. The third-order valence-electron chi connectivity index (χ3n) is 4.60. The lowest BCUT2D eigenvalue weighted by Gasteiger charge is -2.19. The Morgan fingerprint density at radius 1 is 1.11 bits per heavy atom. The summed E-state index contributed by atoms with van der Waals surface area (Å²) in [5.41, 5.74) is 4.23. The zero-order chi connectivity index (χ0) is 19.5. The second-order valence-electron chi connectivity index (χ2n) is 6.46. The van der Waals surface area contributed by atoms with Crippen LogP contribution >= 0.6 is 23.6 Å². The highest BCUT2D eigenvalue weighted by Crippen LogP contribution is 2.33. The topological polar surface area (TPSA) is 36.9 Å². The van der Waals surface area contributed by atoms with E-state index in [1.807, 2.05) is 47.5 Å². The number of thiocarbonyl (C=S) groups is 1. The molecule has 0 aliphatic carbocycles. The SMILES string of the molecule is CCc1cc2c(s1)NC(=S)N(Cc1ccc(OC)cc1)N=C2c1ccccc1. The van der Waals surface area contributed by atoms with Crippen LogP contribution in [0.3, 0.4) is 0 Å². The molecule has 0 saturated carbocycles. The van der Waals surface area contributed by atoms with Gasteiger partial charge in [0.2, 0.25) is 0 Å². The average Bonchev–Trinajstić information content (AvgIpc) is 3.09. The van der Waals surface area contributed by atoms with Crippen molar-refractivity contribution in [2.75, 3.05) is 12.4 Å². The highest BCUT2D eigenvalue weighted by Gasteiger charge is 2.23. The molecule has 0 fully saturated rings. The Morgan fingerprint density at radius 2 is 1.86 bits per heavy atom. The smallest absolute Gasteiger partial charge is 0.195 e. The van der Waals surface area contributed by atoms with E-state index in [2.05, 4.69) is 30.4 Å². The number of hydrazone groups is 1. The zero-order valence-corrected chi connectivity index (χ0v) is 17.4. The predicted octanol–water partition coefficient (Wildman–Crippen LogP) is 5.28. The molecule has 1 aliphatic rings. The van der Waals surface area contributed by atoms with E-state index in [1.165, 1.54) is 4.88 Å². The largest absolute Gasteiger partial charge is 0.497 e. The van der Waals surface area contributed by atoms with E-state index in [-0.39, 0.29) is 0 Å². The summed E-state index contributed by atoms with van der Waals surface area (Å²) < 4.78 is 5.25. The van der Waals surface area contributed by atoms with Crippen molar-refractivity contribution >= 4 is 39.4 Å². The maximum absolute atomic E-state index is 5.68. The molecule has 6 heteroatoms. The molecule has 4 rings (SSSR count). The van der Waals surface area contributed by atoms with Crippen LogP contribution in [0.25, 0.3) is 0 Å². The summed E-state index contributed by atoms with van der Waals surface area (Å²) >= 11 is 7.42. The molecule has 0 unspecified atom stereocenters. The van der Waals surface area contributed by atoms with Gasteiger partial charge in [-0.2, -0.15) is 5.10 Å². The van der Waals surface area contributed by atoms with Gasteiger partial charge in [-0.1, -0.05) is 49.4 Å². The molecule has 1 aromatic heterocycles. The average molecular weight is 408 g/mol. The zero-order valence-electron chi connectivity index (χ0n) is 15.8. The van der Waals surface area contributed by atoms with Crippen LogP contribution in [-0.4, -0.2) is 22.9 Å². The van der Waals surface area contributed by atoms with Crippen molar-refractivity contribution in [1.29, 1.82) is 0 Å². The molecular formula is C22H21N3OS2. The molecule has 0 bridgehead atoms. The summed E-state index contributed by atoms with van der Waals surface area (Å²) in [6, 6.07) is 20.5. The number of nitrogens with one attached hydrogen (secondary N) is 1. The molecule has 2 heterocycles. The monoisotopic (exact) mass is 407 g/mol. The van der Waals surface area contributed by atoms with Gasteiger partial charge in [-0.05, 0) is 42.4 Å². The maximum atomic E-state index is 5.68. The van der Waals surface area contributed by atoms with Gasteiger partial charge in [-0.15, -0.1) is 11.3 Å². The summed E-state index contributed by atoms with van der Waals surface area (Å²) in [5, 5.41) is 11.9. The lowest BCUT2D eigenvalue weighted by Crippen LogP contribution is -2.29. The van der Waals surface area contributed by atoms with Crippen molar-refractivity contribution in [2.45, 2.75) is 19.9 Å². The van der Waals surface area contributed by atoms with Crippen molar-refractivity contribution < 1.29 is 4.74 Å². The van der Waals surface area contributed by atoms with E-state index in [9.17, 15) is 0 Å². The van der Waals surface area contributed by atoms with Crippen LogP contribution in [0.1, 0.15) is 28.5 Å². The van der Waals surface area contributed by atoms with E-state index < -0.39 is 0 Å². The van der Waals surface area contributed by atoms with Crippen LogP contribution in [0.2, 0.25) is 0 Å². The molecule has 1 aliphatic heterocycles. The standard InChI is InChI=1S/C22H21N3OS2/c1-3-18-13-19-20(16-7-5-4-6-8-16)24-25(22(27)23-21(19)28-18)14-15-9-11-17(26-2)12-10-15/h4-13H,3,14H2,1-2H3,(H,23,27). The number of rotatable bonds is 5. The first-order valence-electron chi connectivity index (χ1n) is 9.16. The van der Waals surface area contributed by atoms with E-state index in [1.54, 1.807) is 18.4 Å². The van der Waals surface area contributed by atoms with Gasteiger partial charge in [0.25, 0.3) is 0 Å². The summed E-state index contributed by atoms with van der Waals surface area (Å²) in [4.78, 5) is 1.31. The normalized spacial score (nSPS) is 13.4. The van der Waals surface area contributed by atoms with Gasteiger partial charge in [-0.25, -0.2) is 5.01 Å². The third-order valence-corrected chi connectivity index (χ3v) is 6.11. The quantitative estimate of drug-likeness (QED) is 0.584. The van der Waals surface area contributed by atoms with Gasteiger partial charge in [0.15, 0.2) is 5.11 Å². The Hall–Kier alpha value is -2.70. The molecule has 3 aromatic rings. The summed E-state index contributed by atoms with van der Waals surface area (Å²) in [6.45, 7) is 2.75. The Bertz CT molecular complexity index is 1010. The van der Waals surface area contributed by atoms with Gasteiger partial charge in [0.1, 0.15) is 16.5 Å². The molecule has 142 valence electrons. The van der Waals surface area contributed by atoms with Crippen molar-refractivity contribution in [3.63, 3.8) is 0 Å². The van der Waals surface area contributed by atoms with E-state index in [4.69, 9.17) is 22.1 Å². The van der Waals surface area contributed by atoms with E-state index >= 15 is 0 Å². The molecule has 0 radical (unpaired) electrons. The van der Waals surface area contributed by atoms with Crippen LogP contribution in [0, 0.1) is 0 Å². The second-order valence-corrected chi connectivity index (χ2v) is 7.98. The summed E-state index contributed by atoms with van der Waals surface area (Å²) in [5.74, 6) is 0.836. The number of aryl methyl sites for hydroxylation is 1. The molecule has 2 aromatic carbocycles. The molecule has 0 atom stereocenters.